The van der Waals surface area contributed by atoms with Crippen LogP contribution in [0.15, 0.2) is 30.6 Å². The van der Waals surface area contributed by atoms with Gasteiger partial charge in [-0.05, 0) is 18.2 Å². The largest absolute Gasteiger partial charge is 0.481 e. The van der Waals surface area contributed by atoms with E-state index in [0.29, 0.717) is 0 Å². The molecule has 0 bridgehead atoms. The zero-order valence-corrected chi connectivity index (χ0v) is 12.7. The monoisotopic (exact) mass is 361 g/mol. The van der Waals surface area contributed by atoms with Gasteiger partial charge in [0.25, 0.3) is 5.91 Å². The lowest BCUT2D eigenvalue weighted by Gasteiger charge is -2.11. The molecule has 1 amide bonds. The molecule has 1 aromatic carbocycles. The first-order valence-corrected chi connectivity index (χ1v) is 6.97. The summed E-state index contributed by atoms with van der Waals surface area (Å²) in [5.74, 6) is -1.69. The van der Waals surface area contributed by atoms with Crippen molar-refractivity contribution in [2.24, 2.45) is 0 Å². The molecule has 0 unspecified atom stereocenters. The molecule has 2 aromatic rings. The molecular weight excluding hydrogens is 351 g/mol. The number of carbonyl (C=O) groups excluding carboxylic acids is 1. The van der Waals surface area contributed by atoms with Gasteiger partial charge in [-0.25, -0.2) is 0 Å². The number of aromatic nitrogens is 2. The number of aliphatic carboxylic acids is 1. The third-order valence-corrected chi connectivity index (χ3v) is 3.31. The number of hydrogen-bond donors (Lipinski definition) is 2. The average Bonchev–Trinajstić information content (AvgIpc) is 2.95. The van der Waals surface area contributed by atoms with E-state index in [-0.39, 0.29) is 24.2 Å². The number of nitrogens with one attached hydrogen (secondary N) is 1. The lowest BCUT2D eigenvalue weighted by atomic mass is 10.2. The van der Waals surface area contributed by atoms with Crippen molar-refractivity contribution >= 4 is 29.2 Å². The van der Waals surface area contributed by atoms with Crippen molar-refractivity contribution < 1.29 is 27.9 Å². The van der Waals surface area contributed by atoms with Gasteiger partial charge in [0.05, 0.1) is 35.3 Å². The van der Waals surface area contributed by atoms with Crippen molar-refractivity contribution in [1.29, 1.82) is 0 Å². The number of aryl methyl sites for hydroxylation is 1. The third kappa shape index (κ3) is 4.48. The van der Waals surface area contributed by atoms with Crippen LogP contribution in [0.2, 0.25) is 5.02 Å². The number of hydrogen-bond acceptors (Lipinski definition) is 3. The van der Waals surface area contributed by atoms with Gasteiger partial charge in [0.1, 0.15) is 0 Å². The fourth-order valence-electron chi connectivity index (χ4n) is 1.84. The summed E-state index contributed by atoms with van der Waals surface area (Å²) in [6.45, 7) is 0.0712. The number of carbonyl (C=O) groups is 2. The average molecular weight is 362 g/mol. The zero-order chi connectivity index (χ0) is 17.9. The van der Waals surface area contributed by atoms with Crippen LogP contribution in [0.3, 0.4) is 0 Å². The molecule has 0 aliphatic rings. The summed E-state index contributed by atoms with van der Waals surface area (Å²) in [5, 5.41) is 14.2. The van der Waals surface area contributed by atoms with Crippen molar-refractivity contribution in [1.82, 2.24) is 9.78 Å². The van der Waals surface area contributed by atoms with E-state index in [4.69, 9.17) is 16.7 Å². The number of benzene rings is 1. The molecule has 10 heteroatoms. The first-order valence-electron chi connectivity index (χ1n) is 6.59. The van der Waals surface area contributed by atoms with Gasteiger partial charge in [0.2, 0.25) is 0 Å². The highest BCUT2D eigenvalue weighted by Crippen LogP contribution is 2.36. The second kappa shape index (κ2) is 6.91. The summed E-state index contributed by atoms with van der Waals surface area (Å²) >= 11 is 5.50. The molecule has 1 aromatic heterocycles. The number of alkyl halides is 3. The predicted molar refractivity (Wildman–Crippen MR) is 78.9 cm³/mol. The number of anilines is 1. The molecule has 0 aliphatic heterocycles. The third-order valence-electron chi connectivity index (χ3n) is 2.98. The minimum Gasteiger partial charge on any atom is -0.481 e. The van der Waals surface area contributed by atoms with Crippen LogP contribution in [0.25, 0.3) is 0 Å². The van der Waals surface area contributed by atoms with Gasteiger partial charge >= 0.3 is 12.1 Å². The Morgan fingerprint density at radius 2 is 2.04 bits per heavy atom. The maximum absolute atomic E-state index is 12.8. The topological polar surface area (TPSA) is 84.2 Å². The number of amides is 1. The van der Waals surface area contributed by atoms with E-state index in [9.17, 15) is 22.8 Å². The lowest BCUT2D eigenvalue weighted by molar-refractivity contribution is -0.138. The molecule has 0 saturated heterocycles. The highest BCUT2D eigenvalue weighted by atomic mass is 35.5. The van der Waals surface area contributed by atoms with Crippen LogP contribution in [0.1, 0.15) is 22.3 Å². The van der Waals surface area contributed by atoms with Crippen molar-refractivity contribution in [2.45, 2.75) is 19.1 Å². The first-order chi connectivity index (χ1) is 11.2. The molecule has 0 fully saturated rings. The minimum atomic E-state index is -4.64. The Morgan fingerprint density at radius 3 is 2.67 bits per heavy atom. The van der Waals surface area contributed by atoms with Gasteiger partial charge in [-0.15, -0.1) is 0 Å². The molecule has 24 heavy (non-hydrogen) atoms. The molecule has 128 valence electrons. The van der Waals surface area contributed by atoms with Crippen molar-refractivity contribution in [3.8, 4) is 0 Å². The van der Waals surface area contributed by atoms with Gasteiger partial charge in [0, 0.05) is 11.9 Å². The van der Waals surface area contributed by atoms with Gasteiger partial charge in [-0.1, -0.05) is 11.6 Å². The Hall–Kier alpha value is -2.55. The van der Waals surface area contributed by atoms with Crippen LogP contribution in [0, 0.1) is 0 Å². The Labute approximate surface area is 138 Å². The second-order valence-corrected chi connectivity index (χ2v) is 5.19. The van der Waals surface area contributed by atoms with Crippen LogP contribution in [0.5, 0.6) is 0 Å². The van der Waals surface area contributed by atoms with E-state index in [1.807, 2.05) is 0 Å². The van der Waals surface area contributed by atoms with E-state index >= 15 is 0 Å². The lowest BCUT2D eigenvalue weighted by Crippen LogP contribution is -2.13. The highest BCUT2D eigenvalue weighted by Gasteiger charge is 2.33. The number of carboxylic acid groups (broad SMARTS) is 1. The van der Waals surface area contributed by atoms with Crippen LogP contribution in [-0.4, -0.2) is 26.8 Å². The predicted octanol–water partition coefficient (Wildman–Crippen LogP) is 3.28. The number of nitrogens with zero attached hydrogens (tertiary/aromatic N) is 2. The molecule has 0 saturated carbocycles. The zero-order valence-electron chi connectivity index (χ0n) is 12.0. The number of carboxylic acids is 1. The maximum atomic E-state index is 12.8. The van der Waals surface area contributed by atoms with Crippen molar-refractivity contribution in [2.75, 3.05) is 5.32 Å². The maximum Gasteiger partial charge on any atom is 0.417 e. The van der Waals surface area contributed by atoms with Crippen molar-refractivity contribution in [3.63, 3.8) is 0 Å². The summed E-state index contributed by atoms with van der Waals surface area (Å²) < 4.78 is 39.6. The summed E-state index contributed by atoms with van der Waals surface area (Å²) in [6.07, 6.45) is -2.31. The van der Waals surface area contributed by atoms with Crippen LogP contribution >= 0.6 is 11.6 Å². The van der Waals surface area contributed by atoms with Gasteiger partial charge < -0.3 is 10.4 Å². The molecule has 6 nitrogen and oxygen atoms in total. The van der Waals surface area contributed by atoms with Crippen LogP contribution in [-0.2, 0) is 17.5 Å². The Kier molecular flexibility index (Phi) is 5.13. The number of halogens is 4. The Morgan fingerprint density at radius 1 is 1.33 bits per heavy atom. The molecule has 0 spiro atoms. The molecule has 2 rings (SSSR count). The van der Waals surface area contributed by atoms with E-state index in [1.165, 1.54) is 23.1 Å². The van der Waals surface area contributed by atoms with Gasteiger partial charge in [-0.2, -0.15) is 18.3 Å². The van der Waals surface area contributed by atoms with E-state index in [2.05, 4.69) is 10.4 Å². The quantitative estimate of drug-likeness (QED) is 0.856. The summed E-state index contributed by atoms with van der Waals surface area (Å²) in [7, 11) is 0. The molecule has 1 heterocycles. The molecule has 0 radical (unpaired) electrons. The van der Waals surface area contributed by atoms with Crippen LogP contribution in [0.4, 0.5) is 18.9 Å². The van der Waals surface area contributed by atoms with Crippen molar-refractivity contribution in [3.05, 3.63) is 46.7 Å². The first kappa shape index (κ1) is 17.8. The molecule has 0 atom stereocenters. The van der Waals surface area contributed by atoms with E-state index < -0.39 is 28.6 Å². The normalized spacial score (nSPS) is 11.3. The molecule has 2 N–H and O–H groups in total. The SMILES string of the molecule is O=C(O)CCn1cc(C(=O)Nc2ccc(Cl)c(C(F)(F)F)c2)cn1. The fourth-order valence-corrected chi connectivity index (χ4v) is 2.06. The summed E-state index contributed by atoms with van der Waals surface area (Å²) in [5.41, 5.74) is -1.04. The molecule has 0 aliphatic carbocycles. The fraction of sp³-hybridized carbons (Fsp3) is 0.214. The Balaban J connectivity index is 2.11. The number of rotatable bonds is 5. The van der Waals surface area contributed by atoms with E-state index in [1.54, 1.807) is 0 Å². The molecular formula is C14H11ClF3N3O3. The van der Waals surface area contributed by atoms with Crippen LogP contribution < -0.4 is 5.32 Å². The van der Waals surface area contributed by atoms with Gasteiger partial charge in [0.15, 0.2) is 0 Å². The Bertz CT molecular complexity index is 774. The van der Waals surface area contributed by atoms with E-state index in [0.717, 1.165) is 12.1 Å². The summed E-state index contributed by atoms with van der Waals surface area (Å²) in [4.78, 5) is 22.5. The summed E-state index contributed by atoms with van der Waals surface area (Å²) in [6, 6.07) is 3.01. The standard InChI is InChI=1S/C14H11ClF3N3O3/c15-11-2-1-9(5-10(11)14(16,17)18)20-13(24)8-6-19-21(7-8)4-3-12(22)23/h1-2,5-7H,3-4H2,(H,20,24)(H,22,23). The smallest absolute Gasteiger partial charge is 0.417 e. The minimum absolute atomic E-state index is 0.0712. The van der Waals surface area contributed by atoms with Gasteiger partial charge in [-0.3, -0.25) is 14.3 Å². The highest BCUT2D eigenvalue weighted by molar-refractivity contribution is 6.31. The second-order valence-electron chi connectivity index (χ2n) is 4.78.